The van der Waals surface area contributed by atoms with Gasteiger partial charge in [0.05, 0.1) is 0 Å². The molecule has 5 nitrogen and oxygen atoms in total. The van der Waals surface area contributed by atoms with Gasteiger partial charge in [0.2, 0.25) is 0 Å². The third-order valence-corrected chi connectivity index (χ3v) is 3.85. The number of thiazole rings is 1. The van der Waals surface area contributed by atoms with E-state index in [1.54, 1.807) is 23.7 Å². The van der Waals surface area contributed by atoms with Gasteiger partial charge in [-0.15, -0.1) is 11.3 Å². The van der Waals surface area contributed by atoms with Crippen LogP contribution in [0.15, 0.2) is 48.0 Å². The molecule has 0 aliphatic rings. The van der Waals surface area contributed by atoms with Crippen LogP contribution in [0.4, 0.5) is 19.7 Å². The van der Waals surface area contributed by atoms with Crippen LogP contribution in [0.5, 0.6) is 0 Å². The van der Waals surface area contributed by atoms with E-state index >= 15 is 0 Å². The van der Waals surface area contributed by atoms with Crippen LogP contribution in [-0.4, -0.2) is 15.9 Å². The predicted octanol–water partition coefficient (Wildman–Crippen LogP) is 3.49. The van der Waals surface area contributed by atoms with Crippen molar-refractivity contribution in [2.24, 2.45) is 0 Å². The molecule has 0 saturated heterocycles. The Morgan fingerprint density at radius 3 is 2.83 bits per heavy atom. The first-order chi connectivity index (χ1) is 11.6. The minimum Gasteiger partial charge on any atom is -0.346 e. The summed E-state index contributed by atoms with van der Waals surface area (Å²) < 4.78 is 26.4. The largest absolute Gasteiger partial charge is 0.346 e. The summed E-state index contributed by atoms with van der Waals surface area (Å²) in [6.07, 6.45) is 1.64. The molecule has 0 aliphatic heterocycles. The second-order valence-corrected chi connectivity index (χ2v) is 5.65. The SMILES string of the molecule is O=C(NCc1ccc(F)cc1F)c1csc(Nc2ccccn2)n1. The van der Waals surface area contributed by atoms with Crippen molar-refractivity contribution < 1.29 is 13.6 Å². The highest BCUT2D eigenvalue weighted by atomic mass is 32.1. The molecule has 2 N–H and O–H groups in total. The topological polar surface area (TPSA) is 66.9 Å². The van der Waals surface area contributed by atoms with Crippen LogP contribution < -0.4 is 10.6 Å². The molecule has 122 valence electrons. The molecule has 0 saturated carbocycles. The van der Waals surface area contributed by atoms with E-state index in [4.69, 9.17) is 0 Å². The first-order valence-electron chi connectivity index (χ1n) is 6.97. The number of nitrogens with zero attached hydrogens (tertiary/aromatic N) is 2. The molecule has 8 heteroatoms. The summed E-state index contributed by atoms with van der Waals surface area (Å²) in [6, 6.07) is 8.61. The molecule has 0 radical (unpaired) electrons. The van der Waals surface area contributed by atoms with Gasteiger partial charge >= 0.3 is 0 Å². The molecule has 0 unspecified atom stereocenters. The smallest absolute Gasteiger partial charge is 0.271 e. The minimum absolute atomic E-state index is 0.0501. The van der Waals surface area contributed by atoms with Crippen LogP contribution in [0.2, 0.25) is 0 Å². The maximum absolute atomic E-state index is 13.5. The molecule has 2 aromatic heterocycles. The van der Waals surface area contributed by atoms with Crippen molar-refractivity contribution >= 4 is 28.2 Å². The van der Waals surface area contributed by atoms with Gasteiger partial charge in [0, 0.05) is 29.8 Å². The number of benzene rings is 1. The van der Waals surface area contributed by atoms with Gasteiger partial charge < -0.3 is 10.6 Å². The Bertz CT molecular complexity index is 854. The number of hydrogen-bond donors (Lipinski definition) is 2. The van der Waals surface area contributed by atoms with Crippen molar-refractivity contribution in [2.45, 2.75) is 6.54 Å². The fourth-order valence-electron chi connectivity index (χ4n) is 1.91. The molecular weight excluding hydrogens is 334 g/mol. The van der Waals surface area contributed by atoms with Gasteiger partial charge in [-0.1, -0.05) is 12.1 Å². The Morgan fingerprint density at radius 2 is 2.08 bits per heavy atom. The summed E-state index contributed by atoms with van der Waals surface area (Å²) in [6.45, 7) is -0.0501. The first kappa shape index (κ1) is 16.0. The molecule has 1 amide bonds. The molecule has 0 atom stereocenters. The van der Waals surface area contributed by atoms with Gasteiger partial charge in [-0.2, -0.15) is 0 Å². The predicted molar refractivity (Wildman–Crippen MR) is 87.2 cm³/mol. The lowest BCUT2D eigenvalue weighted by Crippen LogP contribution is -2.23. The summed E-state index contributed by atoms with van der Waals surface area (Å²) >= 11 is 1.25. The number of anilines is 2. The van der Waals surface area contributed by atoms with Crippen LogP contribution >= 0.6 is 11.3 Å². The van der Waals surface area contributed by atoms with Gasteiger partial charge in [-0.3, -0.25) is 4.79 Å². The molecule has 3 rings (SSSR count). The maximum Gasteiger partial charge on any atom is 0.271 e. The van der Waals surface area contributed by atoms with E-state index in [1.807, 2.05) is 6.07 Å². The van der Waals surface area contributed by atoms with E-state index in [0.717, 1.165) is 12.1 Å². The number of pyridine rings is 1. The molecular formula is C16H12F2N4OS. The molecule has 0 spiro atoms. The lowest BCUT2D eigenvalue weighted by atomic mass is 10.2. The molecule has 3 aromatic rings. The zero-order chi connectivity index (χ0) is 16.9. The number of amides is 1. The average Bonchev–Trinajstić information content (AvgIpc) is 3.03. The van der Waals surface area contributed by atoms with Crippen molar-refractivity contribution in [1.82, 2.24) is 15.3 Å². The number of hydrogen-bond acceptors (Lipinski definition) is 5. The van der Waals surface area contributed by atoms with E-state index in [2.05, 4.69) is 20.6 Å². The molecule has 2 heterocycles. The number of nitrogens with one attached hydrogen (secondary N) is 2. The Morgan fingerprint density at radius 1 is 1.21 bits per heavy atom. The van der Waals surface area contributed by atoms with Crippen molar-refractivity contribution in [1.29, 1.82) is 0 Å². The number of carbonyl (C=O) groups excluding carboxylic acids is 1. The highest BCUT2D eigenvalue weighted by molar-refractivity contribution is 7.14. The van der Waals surface area contributed by atoms with Gasteiger partial charge in [0.15, 0.2) is 5.13 Å². The van der Waals surface area contributed by atoms with Crippen molar-refractivity contribution in [2.75, 3.05) is 5.32 Å². The Balaban J connectivity index is 1.61. The zero-order valence-electron chi connectivity index (χ0n) is 12.3. The van der Waals surface area contributed by atoms with Crippen LogP contribution in [-0.2, 0) is 6.54 Å². The highest BCUT2D eigenvalue weighted by Gasteiger charge is 2.12. The van der Waals surface area contributed by atoms with E-state index < -0.39 is 17.5 Å². The number of halogens is 2. The standard InChI is InChI=1S/C16H12F2N4OS/c17-11-5-4-10(12(18)7-11)8-20-15(23)13-9-24-16(21-13)22-14-3-1-2-6-19-14/h1-7,9H,8H2,(H,20,23)(H,19,21,22). The van der Waals surface area contributed by atoms with E-state index in [-0.39, 0.29) is 17.8 Å². The van der Waals surface area contributed by atoms with Crippen LogP contribution in [0.3, 0.4) is 0 Å². The summed E-state index contributed by atoms with van der Waals surface area (Å²) in [5.74, 6) is -1.19. The van der Waals surface area contributed by atoms with Crippen LogP contribution in [0, 0.1) is 11.6 Å². The molecule has 24 heavy (non-hydrogen) atoms. The molecule has 0 aliphatic carbocycles. The zero-order valence-corrected chi connectivity index (χ0v) is 13.1. The number of rotatable bonds is 5. The van der Waals surface area contributed by atoms with Crippen LogP contribution in [0.1, 0.15) is 16.1 Å². The van der Waals surface area contributed by atoms with E-state index in [1.165, 1.54) is 17.4 Å². The summed E-state index contributed by atoms with van der Waals surface area (Å²) in [5, 5.41) is 7.64. The maximum atomic E-state index is 13.5. The third-order valence-electron chi connectivity index (χ3n) is 3.09. The monoisotopic (exact) mass is 346 g/mol. The second-order valence-electron chi connectivity index (χ2n) is 4.80. The third kappa shape index (κ3) is 3.90. The fourth-order valence-corrected chi connectivity index (χ4v) is 2.61. The quantitative estimate of drug-likeness (QED) is 0.742. The van der Waals surface area contributed by atoms with Gasteiger partial charge in [0.1, 0.15) is 23.1 Å². The van der Waals surface area contributed by atoms with Gasteiger partial charge in [-0.05, 0) is 18.2 Å². The fraction of sp³-hybridized carbons (Fsp3) is 0.0625. The molecule has 1 aromatic carbocycles. The van der Waals surface area contributed by atoms with E-state index in [9.17, 15) is 13.6 Å². The Hall–Kier alpha value is -2.87. The summed E-state index contributed by atoms with van der Waals surface area (Å²) in [5.41, 5.74) is 0.410. The minimum atomic E-state index is -0.703. The molecule has 0 fully saturated rings. The van der Waals surface area contributed by atoms with Crippen LogP contribution in [0.25, 0.3) is 0 Å². The highest BCUT2D eigenvalue weighted by Crippen LogP contribution is 2.19. The Labute approximate surface area is 140 Å². The van der Waals surface area contributed by atoms with Crippen molar-refractivity contribution in [3.8, 4) is 0 Å². The normalized spacial score (nSPS) is 10.4. The van der Waals surface area contributed by atoms with Gasteiger partial charge in [-0.25, -0.2) is 18.7 Å². The molecule has 0 bridgehead atoms. The number of carbonyl (C=O) groups is 1. The first-order valence-corrected chi connectivity index (χ1v) is 7.85. The van der Waals surface area contributed by atoms with Gasteiger partial charge in [0.25, 0.3) is 5.91 Å². The number of aromatic nitrogens is 2. The average molecular weight is 346 g/mol. The van der Waals surface area contributed by atoms with Crippen molar-refractivity contribution in [3.63, 3.8) is 0 Å². The second kappa shape index (κ2) is 7.14. The summed E-state index contributed by atoms with van der Waals surface area (Å²) in [4.78, 5) is 20.3. The lowest BCUT2D eigenvalue weighted by Gasteiger charge is -2.05. The Kier molecular flexibility index (Phi) is 4.76. The van der Waals surface area contributed by atoms with E-state index in [0.29, 0.717) is 10.9 Å². The summed E-state index contributed by atoms with van der Waals surface area (Å²) in [7, 11) is 0. The lowest BCUT2D eigenvalue weighted by molar-refractivity contribution is 0.0946. The van der Waals surface area contributed by atoms with Crippen molar-refractivity contribution in [3.05, 3.63) is 70.9 Å².